The minimum atomic E-state index is -4.23. The molecule has 0 bridgehead atoms. The molecule has 2 nitrogen and oxygen atoms in total. The van der Waals surface area contributed by atoms with Crippen LogP contribution in [0.15, 0.2) is 24.3 Å². The largest absolute Gasteiger partial charge is 0.401 e. The van der Waals surface area contributed by atoms with Crippen molar-refractivity contribution in [3.63, 3.8) is 0 Å². The molecule has 20 heavy (non-hydrogen) atoms. The second-order valence-corrected chi connectivity index (χ2v) is 5.60. The first-order valence-corrected chi connectivity index (χ1v) is 6.76. The van der Waals surface area contributed by atoms with Gasteiger partial charge in [0, 0.05) is 12.1 Å². The van der Waals surface area contributed by atoms with Crippen LogP contribution in [0.2, 0.25) is 0 Å². The highest BCUT2D eigenvalue weighted by Gasteiger charge is 2.36. The highest BCUT2D eigenvalue weighted by molar-refractivity contribution is 5.26. The lowest BCUT2D eigenvalue weighted by Crippen LogP contribution is -2.47. The zero-order valence-corrected chi connectivity index (χ0v) is 12.4. The summed E-state index contributed by atoms with van der Waals surface area (Å²) in [5.74, 6) is 0. The van der Waals surface area contributed by atoms with Gasteiger partial charge in [-0.25, -0.2) is 0 Å². The summed E-state index contributed by atoms with van der Waals surface area (Å²) in [6, 6.07) is 6.44. The van der Waals surface area contributed by atoms with Crippen LogP contribution in [-0.2, 0) is 0 Å². The van der Waals surface area contributed by atoms with Crippen molar-refractivity contribution < 1.29 is 13.2 Å². The molecule has 0 amide bonds. The van der Waals surface area contributed by atoms with Gasteiger partial charge in [0.25, 0.3) is 0 Å². The van der Waals surface area contributed by atoms with E-state index in [1.165, 1.54) is 4.90 Å². The maximum atomic E-state index is 12.8. The van der Waals surface area contributed by atoms with Crippen molar-refractivity contribution in [3.8, 4) is 0 Å². The molecule has 1 aromatic carbocycles. The van der Waals surface area contributed by atoms with Crippen molar-refractivity contribution in [2.75, 3.05) is 6.54 Å². The van der Waals surface area contributed by atoms with E-state index < -0.39 is 18.8 Å². The average molecular weight is 288 g/mol. The first-order valence-electron chi connectivity index (χ1n) is 6.76. The number of alkyl halides is 3. The monoisotopic (exact) mass is 288 g/mol. The smallest absolute Gasteiger partial charge is 0.326 e. The fourth-order valence-electron chi connectivity index (χ4n) is 2.46. The van der Waals surface area contributed by atoms with E-state index in [2.05, 4.69) is 0 Å². The van der Waals surface area contributed by atoms with Crippen LogP contribution in [-0.4, -0.2) is 29.7 Å². The Morgan fingerprint density at radius 2 is 1.80 bits per heavy atom. The van der Waals surface area contributed by atoms with Gasteiger partial charge in [0.1, 0.15) is 0 Å². The second-order valence-electron chi connectivity index (χ2n) is 5.60. The number of hydrogen-bond donors (Lipinski definition) is 1. The van der Waals surface area contributed by atoms with Crippen molar-refractivity contribution in [1.82, 2.24) is 4.90 Å². The Balaban J connectivity index is 3.15. The Hall–Kier alpha value is -1.07. The minimum absolute atomic E-state index is 0.242. The van der Waals surface area contributed by atoms with E-state index in [-0.39, 0.29) is 12.1 Å². The third-order valence-corrected chi connectivity index (χ3v) is 3.26. The molecule has 0 saturated carbocycles. The zero-order chi connectivity index (χ0) is 15.5. The zero-order valence-electron chi connectivity index (χ0n) is 12.4. The molecule has 0 aliphatic rings. The molecule has 5 heteroatoms. The molecule has 0 aliphatic carbocycles. The first-order chi connectivity index (χ1) is 9.11. The van der Waals surface area contributed by atoms with Crippen molar-refractivity contribution in [2.24, 2.45) is 5.73 Å². The first kappa shape index (κ1) is 17.0. The van der Waals surface area contributed by atoms with Gasteiger partial charge in [-0.2, -0.15) is 13.2 Å². The van der Waals surface area contributed by atoms with Gasteiger partial charge in [-0.3, -0.25) is 4.90 Å². The van der Waals surface area contributed by atoms with E-state index in [0.29, 0.717) is 0 Å². The van der Waals surface area contributed by atoms with Crippen LogP contribution < -0.4 is 5.73 Å². The Morgan fingerprint density at radius 1 is 1.20 bits per heavy atom. The minimum Gasteiger partial charge on any atom is -0.326 e. The highest BCUT2D eigenvalue weighted by atomic mass is 19.4. The third-order valence-electron chi connectivity index (χ3n) is 3.26. The summed E-state index contributed by atoms with van der Waals surface area (Å²) in [7, 11) is 0. The third kappa shape index (κ3) is 4.80. The standard InChI is InChI=1S/C15H23F3N2/c1-10(2)20(9-15(16,17)18)14(12(4)19)13-7-5-6-11(3)8-13/h5-8,10,12,14H,9,19H2,1-4H3. The predicted octanol–water partition coefficient (Wildman–Crippen LogP) is 3.66. The molecule has 0 aliphatic heterocycles. The lowest BCUT2D eigenvalue weighted by Gasteiger charge is -2.38. The summed E-state index contributed by atoms with van der Waals surface area (Å²) >= 11 is 0. The molecule has 2 N–H and O–H groups in total. The Kier molecular flexibility index (Phi) is 5.59. The average Bonchev–Trinajstić information content (AvgIpc) is 2.25. The molecule has 0 radical (unpaired) electrons. The van der Waals surface area contributed by atoms with Crippen molar-refractivity contribution in [2.45, 2.75) is 52.0 Å². The SMILES string of the molecule is Cc1cccc(C(C(C)N)N(CC(F)(F)F)C(C)C)c1. The Morgan fingerprint density at radius 3 is 2.20 bits per heavy atom. The lowest BCUT2D eigenvalue weighted by atomic mass is 9.96. The fraction of sp³-hybridized carbons (Fsp3) is 0.600. The van der Waals surface area contributed by atoms with Crippen LogP contribution in [0.3, 0.4) is 0 Å². The van der Waals surface area contributed by atoms with E-state index >= 15 is 0 Å². The molecular formula is C15H23F3N2. The molecule has 114 valence electrons. The van der Waals surface area contributed by atoms with E-state index in [1.54, 1.807) is 20.8 Å². The van der Waals surface area contributed by atoms with Gasteiger partial charge in [-0.15, -0.1) is 0 Å². The quantitative estimate of drug-likeness (QED) is 0.896. The van der Waals surface area contributed by atoms with Crippen LogP contribution >= 0.6 is 0 Å². The number of rotatable bonds is 5. The normalized spacial score (nSPS) is 15.7. The number of hydrogen-bond acceptors (Lipinski definition) is 2. The molecule has 0 heterocycles. The maximum Gasteiger partial charge on any atom is 0.401 e. The number of nitrogens with zero attached hydrogens (tertiary/aromatic N) is 1. The van der Waals surface area contributed by atoms with E-state index in [4.69, 9.17) is 5.73 Å². The molecule has 1 aromatic rings. The molecule has 0 aromatic heterocycles. The topological polar surface area (TPSA) is 29.3 Å². The molecule has 0 saturated heterocycles. The predicted molar refractivity (Wildman–Crippen MR) is 75.5 cm³/mol. The van der Waals surface area contributed by atoms with Gasteiger partial charge in [0.2, 0.25) is 0 Å². The molecule has 0 spiro atoms. The number of benzene rings is 1. The van der Waals surface area contributed by atoms with Crippen molar-refractivity contribution >= 4 is 0 Å². The molecule has 2 atom stereocenters. The van der Waals surface area contributed by atoms with Gasteiger partial charge < -0.3 is 5.73 Å². The van der Waals surface area contributed by atoms with Crippen LogP contribution in [0, 0.1) is 6.92 Å². The van der Waals surface area contributed by atoms with Crippen LogP contribution in [0.25, 0.3) is 0 Å². The second kappa shape index (κ2) is 6.59. The van der Waals surface area contributed by atoms with Crippen molar-refractivity contribution in [3.05, 3.63) is 35.4 Å². The van der Waals surface area contributed by atoms with E-state index in [0.717, 1.165) is 11.1 Å². The van der Waals surface area contributed by atoms with Gasteiger partial charge in [-0.05, 0) is 33.3 Å². The maximum absolute atomic E-state index is 12.8. The lowest BCUT2D eigenvalue weighted by molar-refractivity contribution is -0.156. The molecule has 2 unspecified atom stereocenters. The van der Waals surface area contributed by atoms with Crippen LogP contribution in [0.1, 0.15) is 37.9 Å². The number of nitrogens with two attached hydrogens (primary N) is 1. The Labute approximate surface area is 118 Å². The molecular weight excluding hydrogens is 265 g/mol. The van der Waals surface area contributed by atoms with Gasteiger partial charge in [0.15, 0.2) is 0 Å². The van der Waals surface area contributed by atoms with Crippen LogP contribution in [0.5, 0.6) is 0 Å². The van der Waals surface area contributed by atoms with Gasteiger partial charge in [0.05, 0.1) is 12.6 Å². The number of halogens is 3. The highest BCUT2D eigenvalue weighted by Crippen LogP contribution is 2.30. The summed E-state index contributed by atoms with van der Waals surface area (Å²) < 4.78 is 38.4. The van der Waals surface area contributed by atoms with Crippen LogP contribution in [0.4, 0.5) is 13.2 Å². The number of aryl methyl sites for hydroxylation is 1. The summed E-state index contributed by atoms with van der Waals surface area (Å²) in [5, 5.41) is 0. The molecule has 1 rings (SSSR count). The summed E-state index contributed by atoms with van der Waals surface area (Å²) in [6.45, 7) is 6.24. The fourth-order valence-corrected chi connectivity index (χ4v) is 2.46. The van der Waals surface area contributed by atoms with Crippen molar-refractivity contribution in [1.29, 1.82) is 0 Å². The van der Waals surface area contributed by atoms with Gasteiger partial charge in [-0.1, -0.05) is 29.8 Å². The van der Waals surface area contributed by atoms with E-state index in [9.17, 15) is 13.2 Å². The van der Waals surface area contributed by atoms with E-state index in [1.807, 2.05) is 31.2 Å². The summed E-state index contributed by atoms with van der Waals surface area (Å²) in [6.07, 6.45) is -4.23. The molecule has 0 fully saturated rings. The summed E-state index contributed by atoms with van der Waals surface area (Å²) in [5.41, 5.74) is 7.82. The van der Waals surface area contributed by atoms with Gasteiger partial charge >= 0.3 is 6.18 Å². The summed E-state index contributed by atoms with van der Waals surface area (Å²) in [4.78, 5) is 1.42. The Bertz CT molecular complexity index is 427.